The molecule has 1 N–H and O–H groups in total. The van der Waals surface area contributed by atoms with Crippen LogP contribution in [0.2, 0.25) is 5.02 Å². The zero-order chi connectivity index (χ0) is 13.5. The van der Waals surface area contributed by atoms with Crippen LogP contribution >= 0.6 is 22.9 Å². The van der Waals surface area contributed by atoms with Crippen LogP contribution in [0, 0.1) is 0 Å². The molecular formula is C12H12ClN5S. The summed E-state index contributed by atoms with van der Waals surface area (Å²) in [6.07, 6.45) is 3.52. The van der Waals surface area contributed by atoms with Crippen LogP contribution in [0.3, 0.4) is 0 Å². The molecule has 3 rings (SSSR count). The SMILES string of the molecule is CC(C)(Nc1nc2ccc(Cl)cn2n1)c1nccs1. The summed E-state index contributed by atoms with van der Waals surface area (Å²) >= 11 is 7.53. The van der Waals surface area contributed by atoms with E-state index in [-0.39, 0.29) is 5.54 Å². The first-order valence-electron chi connectivity index (χ1n) is 5.75. The van der Waals surface area contributed by atoms with Gasteiger partial charge in [-0.15, -0.1) is 16.4 Å². The third-order valence-electron chi connectivity index (χ3n) is 2.69. The molecule has 0 unspecified atom stereocenters. The van der Waals surface area contributed by atoms with Gasteiger partial charge in [0.05, 0.1) is 10.6 Å². The first-order valence-corrected chi connectivity index (χ1v) is 7.00. The zero-order valence-corrected chi connectivity index (χ0v) is 12.0. The number of rotatable bonds is 3. The highest BCUT2D eigenvalue weighted by Crippen LogP contribution is 2.26. The molecule has 5 nitrogen and oxygen atoms in total. The van der Waals surface area contributed by atoms with Crippen molar-refractivity contribution in [1.82, 2.24) is 19.6 Å². The largest absolute Gasteiger partial charge is 0.342 e. The lowest BCUT2D eigenvalue weighted by Gasteiger charge is -2.22. The number of halogens is 1. The van der Waals surface area contributed by atoms with Crippen LogP contribution in [-0.2, 0) is 5.54 Å². The number of hydrogen-bond acceptors (Lipinski definition) is 5. The highest BCUT2D eigenvalue weighted by molar-refractivity contribution is 7.09. The molecular weight excluding hydrogens is 282 g/mol. The van der Waals surface area contributed by atoms with Gasteiger partial charge in [0.1, 0.15) is 5.01 Å². The van der Waals surface area contributed by atoms with Gasteiger partial charge < -0.3 is 5.32 Å². The summed E-state index contributed by atoms with van der Waals surface area (Å²) in [6.45, 7) is 4.09. The molecule has 98 valence electrons. The van der Waals surface area contributed by atoms with Gasteiger partial charge >= 0.3 is 0 Å². The van der Waals surface area contributed by atoms with E-state index in [2.05, 4.69) is 20.4 Å². The highest BCUT2D eigenvalue weighted by Gasteiger charge is 2.24. The lowest BCUT2D eigenvalue weighted by molar-refractivity contribution is 0.597. The molecule has 0 saturated heterocycles. The van der Waals surface area contributed by atoms with Gasteiger partial charge in [-0.1, -0.05) is 11.6 Å². The zero-order valence-electron chi connectivity index (χ0n) is 10.5. The van der Waals surface area contributed by atoms with Gasteiger partial charge in [-0.2, -0.15) is 4.98 Å². The van der Waals surface area contributed by atoms with Gasteiger partial charge in [-0.3, -0.25) is 0 Å². The molecule has 19 heavy (non-hydrogen) atoms. The third-order valence-corrected chi connectivity index (χ3v) is 4.01. The van der Waals surface area contributed by atoms with E-state index in [1.165, 1.54) is 0 Å². The average molecular weight is 294 g/mol. The minimum Gasteiger partial charge on any atom is -0.342 e. The summed E-state index contributed by atoms with van der Waals surface area (Å²) in [6, 6.07) is 3.62. The number of aromatic nitrogens is 4. The normalized spacial score (nSPS) is 11.9. The summed E-state index contributed by atoms with van der Waals surface area (Å²) in [5.74, 6) is 0.558. The second-order valence-corrected chi connectivity index (χ2v) is 6.00. The first-order chi connectivity index (χ1) is 9.04. The fraction of sp³-hybridized carbons (Fsp3) is 0.250. The fourth-order valence-electron chi connectivity index (χ4n) is 1.78. The molecule has 0 aliphatic heterocycles. The van der Waals surface area contributed by atoms with Gasteiger partial charge in [-0.05, 0) is 26.0 Å². The van der Waals surface area contributed by atoms with Crippen LogP contribution < -0.4 is 5.32 Å². The molecule has 7 heteroatoms. The third kappa shape index (κ3) is 2.41. The highest BCUT2D eigenvalue weighted by atomic mass is 35.5. The maximum absolute atomic E-state index is 5.92. The standard InChI is InChI=1S/C12H12ClN5S/c1-12(2,10-14-5-6-19-10)16-11-15-9-4-3-8(13)7-18(9)17-11/h3-7H,1-2H3,(H,16,17). The lowest BCUT2D eigenvalue weighted by Crippen LogP contribution is -2.28. The Kier molecular flexibility index (Phi) is 2.91. The van der Waals surface area contributed by atoms with Crippen molar-refractivity contribution in [3.8, 4) is 0 Å². The minimum absolute atomic E-state index is 0.317. The first kappa shape index (κ1) is 12.4. The topological polar surface area (TPSA) is 55.1 Å². The summed E-state index contributed by atoms with van der Waals surface area (Å²) < 4.78 is 1.66. The quantitative estimate of drug-likeness (QED) is 0.806. The Morgan fingerprint density at radius 3 is 2.95 bits per heavy atom. The van der Waals surface area contributed by atoms with Crippen molar-refractivity contribution in [1.29, 1.82) is 0 Å². The Bertz CT molecular complexity index is 704. The minimum atomic E-state index is -0.317. The molecule has 0 aliphatic carbocycles. The average Bonchev–Trinajstić information content (AvgIpc) is 2.95. The van der Waals surface area contributed by atoms with Gasteiger partial charge in [0, 0.05) is 17.8 Å². The summed E-state index contributed by atoms with van der Waals surface area (Å²) in [7, 11) is 0. The van der Waals surface area contributed by atoms with Crippen molar-refractivity contribution < 1.29 is 0 Å². The molecule has 0 aliphatic rings. The number of fused-ring (bicyclic) bond motifs is 1. The van der Waals surface area contributed by atoms with E-state index >= 15 is 0 Å². The van der Waals surface area contributed by atoms with Gasteiger partial charge in [0.25, 0.3) is 0 Å². The summed E-state index contributed by atoms with van der Waals surface area (Å²) in [5.41, 5.74) is 0.435. The van der Waals surface area contributed by atoms with E-state index in [1.807, 2.05) is 25.3 Å². The molecule has 0 fully saturated rings. The molecule has 0 spiro atoms. The number of anilines is 1. The van der Waals surface area contributed by atoms with E-state index in [4.69, 9.17) is 11.6 Å². The number of hydrogen-bond donors (Lipinski definition) is 1. The molecule has 0 amide bonds. The van der Waals surface area contributed by atoms with Crippen LogP contribution in [0.25, 0.3) is 5.65 Å². The Hall–Kier alpha value is -1.66. The monoisotopic (exact) mass is 293 g/mol. The second-order valence-electron chi connectivity index (χ2n) is 4.67. The van der Waals surface area contributed by atoms with Crippen molar-refractivity contribution in [3.63, 3.8) is 0 Å². The molecule has 3 heterocycles. The Morgan fingerprint density at radius 2 is 2.21 bits per heavy atom. The molecule has 0 bridgehead atoms. The van der Waals surface area contributed by atoms with Gasteiger partial charge in [0.2, 0.25) is 5.95 Å². The summed E-state index contributed by atoms with van der Waals surface area (Å²) in [5, 5.41) is 11.2. The van der Waals surface area contributed by atoms with Crippen molar-refractivity contribution >= 4 is 34.5 Å². The Labute approximate surface area is 119 Å². The van der Waals surface area contributed by atoms with E-state index in [9.17, 15) is 0 Å². The maximum atomic E-state index is 5.92. The van der Waals surface area contributed by atoms with Crippen LogP contribution in [0.15, 0.2) is 29.9 Å². The fourth-order valence-corrected chi connectivity index (χ4v) is 2.65. The van der Waals surface area contributed by atoms with Crippen LogP contribution in [0.4, 0.5) is 5.95 Å². The van der Waals surface area contributed by atoms with Crippen molar-refractivity contribution in [2.75, 3.05) is 5.32 Å². The van der Waals surface area contributed by atoms with Crippen molar-refractivity contribution in [2.24, 2.45) is 0 Å². The van der Waals surface area contributed by atoms with E-state index in [0.717, 1.165) is 10.7 Å². The number of pyridine rings is 1. The smallest absolute Gasteiger partial charge is 0.243 e. The predicted octanol–water partition coefficient (Wildman–Crippen LogP) is 3.19. The number of nitrogens with zero attached hydrogens (tertiary/aromatic N) is 4. The Morgan fingerprint density at radius 1 is 1.37 bits per heavy atom. The van der Waals surface area contributed by atoms with E-state index in [0.29, 0.717) is 11.0 Å². The van der Waals surface area contributed by atoms with Crippen LogP contribution in [-0.4, -0.2) is 19.6 Å². The van der Waals surface area contributed by atoms with E-state index < -0.39 is 0 Å². The van der Waals surface area contributed by atoms with E-state index in [1.54, 1.807) is 34.3 Å². The lowest BCUT2D eigenvalue weighted by atomic mass is 10.1. The Balaban J connectivity index is 1.93. The van der Waals surface area contributed by atoms with Crippen LogP contribution in [0.1, 0.15) is 18.9 Å². The van der Waals surface area contributed by atoms with Crippen LogP contribution in [0.5, 0.6) is 0 Å². The van der Waals surface area contributed by atoms with Crippen molar-refractivity contribution in [3.05, 3.63) is 39.9 Å². The van der Waals surface area contributed by atoms with Gasteiger partial charge in [0.15, 0.2) is 5.65 Å². The van der Waals surface area contributed by atoms with Gasteiger partial charge in [-0.25, -0.2) is 9.50 Å². The summed E-state index contributed by atoms with van der Waals surface area (Å²) in [4.78, 5) is 8.73. The molecule has 0 atom stereocenters. The molecule has 0 aromatic carbocycles. The number of thiazole rings is 1. The molecule has 3 aromatic heterocycles. The maximum Gasteiger partial charge on any atom is 0.243 e. The second kappa shape index (κ2) is 4.47. The predicted molar refractivity (Wildman–Crippen MR) is 76.8 cm³/mol. The number of nitrogens with one attached hydrogen (secondary N) is 1. The molecule has 0 saturated carbocycles. The molecule has 0 radical (unpaired) electrons. The van der Waals surface area contributed by atoms with Crippen molar-refractivity contribution in [2.45, 2.75) is 19.4 Å². The molecule has 3 aromatic rings.